The quantitative estimate of drug-likeness (QED) is 0.873. The predicted octanol–water partition coefficient (Wildman–Crippen LogP) is 2.91. The molecule has 18 heavy (non-hydrogen) atoms. The summed E-state index contributed by atoms with van der Waals surface area (Å²) in [5, 5.41) is 5.40. The molecule has 1 aliphatic carbocycles. The Balaban J connectivity index is 1.74. The molecule has 0 aliphatic heterocycles. The van der Waals surface area contributed by atoms with Crippen LogP contribution < -0.4 is 5.32 Å². The molecule has 0 aromatic heterocycles. The Morgan fingerprint density at radius 1 is 1.11 bits per heavy atom. The third kappa shape index (κ3) is 2.53. The summed E-state index contributed by atoms with van der Waals surface area (Å²) in [6.45, 7) is 0.851. The highest BCUT2D eigenvalue weighted by Crippen LogP contribution is 2.27. The van der Waals surface area contributed by atoms with Gasteiger partial charge >= 0.3 is 0 Å². The molecule has 3 rings (SSSR count). The second kappa shape index (κ2) is 4.81. The summed E-state index contributed by atoms with van der Waals surface area (Å²) < 4.78 is 0. The van der Waals surface area contributed by atoms with Crippen LogP contribution in [0.3, 0.4) is 0 Å². The Kier molecular flexibility index (Phi) is 3.01. The van der Waals surface area contributed by atoms with Crippen LogP contribution in [0.5, 0.6) is 0 Å². The number of hydrogen-bond donors (Lipinski definition) is 1. The molecule has 0 bridgehead atoms. The van der Waals surface area contributed by atoms with Gasteiger partial charge in [0.05, 0.1) is 6.42 Å². The van der Waals surface area contributed by atoms with E-state index in [1.165, 1.54) is 23.6 Å². The van der Waals surface area contributed by atoms with Crippen molar-refractivity contribution in [2.45, 2.75) is 19.3 Å². The van der Waals surface area contributed by atoms with Crippen molar-refractivity contribution in [2.24, 2.45) is 5.92 Å². The lowest BCUT2D eigenvalue weighted by atomic mass is 10.0. The molecule has 2 aromatic rings. The summed E-state index contributed by atoms with van der Waals surface area (Å²) in [4.78, 5) is 11.9. The number of carbonyl (C=O) groups is 1. The van der Waals surface area contributed by atoms with Gasteiger partial charge in [-0.1, -0.05) is 42.5 Å². The molecule has 0 radical (unpaired) electrons. The van der Waals surface area contributed by atoms with Gasteiger partial charge in [-0.3, -0.25) is 4.79 Å². The van der Waals surface area contributed by atoms with E-state index in [1.807, 2.05) is 24.3 Å². The smallest absolute Gasteiger partial charge is 0.224 e. The molecule has 1 amide bonds. The number of rotatable bonds is 4. The predicted molar refractivity (Wildman–Crippen MR) is 73.4 cm³/mol. The van der Waals surface area contributed by atoms with Gasteiger partial charge in [-0.25, -0.2) is 0 Å². The first-order chi connectivity index (χ1) is 8.83. The van der Waals surface area contributed by atoms with Crippen LogP contribution >= 0.6 is 0 Å². The summed E-state index contributed by atoms with van der Waals surface area (Å²) in [7, 11) is 0. The molecule has 0 unspecified atom stereocenters. The SMILES string of the molecule is O=C(Cc1cccc2ccccc12)NCC1CC1. The van der Waals surface area contributed by atoms with Crippen molar-refractivity contribution in [3.8, 4) is 0 Å². The zero-order chi connectivity index (χ0) is 12.4. The minimum absolute atomic E-state index is 0.137. The Morgan fingerprint density at radius 3 is 2.72 bits per heavy atom. The first kappa shape index (κ1) is 11.3. The molecule has 2 nitrogen and oxygen atoms in total. The highest BCUT2D eigenvalue weighted by Gasteiger charge is 2.21. The van der Waals surface area contributed by atoms with Crippen molar-refractivity contribution in [1.82, 2.24) is 5.32 Å². The van der Waals surface area contributed by atoms with E-state index in [2.05, 4.69) is 23.5 Å². The van der Waals surface area contributed by atoms with Crippen LogP contribution in [-0.2, 0) is 11.2 Å². The van der Waals surface area contributed by atoms with E-state index in [-0.39, 0.29) is 5.91 Å². The van der Waals surface area contributed by atoms with Gasteiger partial charge in [0.15, 0.2) is 0 Å². The minimum atomic E-state index is 0.137. The normalized spacial score (nSPS) is 14.7. The molecule has 2 aromatic carbocycles. The second-order valence-corrected chi connectivity index (χ2v) is 5.06. The zero-order valence-electron chi connectivity index (χ0n) is 10.4. The molecule has 0 spiro atoms. The largest absolute Gasteiger partial charge is 0.356 e. The van der Waals surface area contributed by atoms with Crippen molar-refractivity contribution in [3.05, 3.63) is 48.0 Å². The minimum Gasteiger partial charge on any atom is -0.356 e. The molecule has 1 N–H and O–H groups in total. The number of hydrogen-bond acceptors (Lipinski definition) is 1. The van der Waals surface area contributed by atoms with Gasteiger partial charge in [0.1, 0.15) is 0 Å². The molecule has 0 saturated heterocycles. The van der Waals surface area contributed by atoms with Crippen LogP contribution in [0.25, 0.3) is 10.8 Å². The van der Waals surface area contributed by atoms with Crippen molar-refractivity contribution >= 4 is 16.7 Å². The van der Waals surface area contributed by atoms with Gasteiger partial charge in [-0.05, 0) is 35.1 Å². The average molecular weight is 239 g/mol. The Bertz CT molecular complexity index is 567. The fourth-order valence-electron chi connectivity index (χ4n) is 2.26. The monoisotopic (exact) mass is 239 g/mol. The fourth-order valence-corrected chi connectivity index (χ4v) is 2.26. The molecule has 1 saturated carbocycles. The summed E-state index contributed by atoms with van der Waals surface area (Å²) in [6.07, 6.45) is 3.02. The number of amides is 1. The van der Waals surface area contributed by atoms with E-state index in [4.69, 9.17) is 0 Å². The summed E-state index contributed by atoms with van der Waals surface area (Å²) in [5.41, 5.74) is 1.11. The van der Waals surface area contributed by atoms with Gasteiger partial charge in [0, 0.05) is 6.54 Å². The first-order valence-corrected chi connectivity index (χ1v) is 6.56. The lowest BCUT2D eigenvalue weighted by molar-refractivity contribution is -0.120. The van der Waals surface area contributed by atoms with Gasteiger partial charge < -0.3 is 5.32 Å². The lowest BCUT2D eigenvalue weighted by Crippen LogP contribution is -2.27. The van der Waals surface area contributed by atoms with E-state index in [1.54, 1.807) is 0 Å². The van der Waals surface area contributed by atoms with E-state index in [0.29, 0.717) is 6.42 Å². The number of carbonyl (C=O) groups excluding carboxylic acids is 1. The highest BCUT2D eigenvalue weighted by atomic mass is 16.1. The lowest BCUT2D eigenvalue weighted by Gasteiger charge is -2.07. The Hall–Kier alpha value is -1.83. The first-order valence-electron chi connectivity index (χ1n) is 6.56. The van der Waals surface area contributed by atoms with Crippen LogP contribution in [0, 0.1) is 5.92 Å². The van der Waals surface area contributed by atoms with Crippen LogP contribution in [0.4, 0.5) is 0 Å². The Morgan fingerprint density at radius 2 is 1.89 bits per heavy atom. The number of nitrogens with one attached hydrogen (secondary N) is 1. The van der Waals surface area contributed by atoms with Crippen molar-refractivity contribution in [1.29, 1.82) is 0 Å². The van der Waals surface area contributed by atoms with Crippen LogP contribution in [0.1, 0.15) is 18.4 Å². The summed E-state index contributed by atoms with van der Waals surface area (Å²) in [5.74, 6) is 0.875. The van der Waals surface area contributed by atoms with E-state index < -0.39 is 0 Å². The molecule has 1 aliphatic rings. The molecular formula is C16H17NO. The van der Waals surface area contributed by atoms with E-state index in [0.717, 1.165) is 18.0 Å². The summed E-state index contributed by atoms with van der Waals surface area (Å²) >= 11 is 0. The molecule has 0 heterocycles. The van der Waals surface area contributed by atoms with Crippen LogP contribution in [-0.4, -0.2) is 12.5 Å². The highest BCUT2D eigenvalue weighted by molar-refractivity contribution is 5.90. The molecule has 92 valence electrons. The van der Waals surface area contributed by atoms with Crippen molar-refractivity contribution in [3.63, 3.8) is 0 Å². The van der Waals surface area contributed by atoms with Crippen molar-refractivity contribution < 1.29 is 4.79 Å². The molecule has 1 fully saturated rings. The number of benzene rings is 2. The fraction of sp³-hybridized carbons (Fsp3) is 0.312. The average Bonchev–Trinajstić information content (AvgIpc) is 3.21. The van der Waals surface area contributed by atoms with Gasteiger partial charge in [0.2, 0.25) is 5.91 Å². The zero-order valence-corrected chi connectivity index (χ0v) is 10.4. The van der Waals surface area contributed by atoms with Gasteiger partial charge in [-0.2, -0.15) is 0 Å². The molecule has 0 atom stereocenters. The van der Waals surface area contributed by atoms with E-state index >= 15 is 0 Å². The van der Waals surface area contributed by atoms with Crippen LogP contribution in [0.15, 0.2) is 42.5 Å². The maximum Gasteiger partial charge on any atom is 0.224 e. The summed E-state index contributed by atoms with van der Waals surface area (Å²) in [6, 6.07) is 14.4. The second-order valence-electron chi connectivity index (χ2n) is 5.06. The molecule has 2 heteroatoms. The molecular weight excluding hydrogens is 222 g/mol. The number of fused-ring (bicyclic) bond motifs is 1. The third-order valence-electron chi connectivity index (χ3n) is 3.52. The third-order valence-corrected chi connectivity index (χ3v) is 3.52. The Labute approximate surface area is 107 Å². The maximum atomic E-state index is 11.9. The standard InChI is InChI=1S/C16H17NO/c18-16(17-11-12-8-9-12)10-14-6-3-5-13-4-1-2-7-15(13)14/h1-7,12H,8-11H2,(H,17,18). The van der Waals surface area contributed by atoms with Gasteiger partial charge in [-0.15, -0.1) is 0 Å². The van der Waals surface area contributed by atoms with Gasteiger partial charge in [0.25, 0.3) is 0 Å². The van der Waals surface area contributed by atoms with Crippen LogP contribution in [0.2, 0.25) is 0 Å². The van der Waals surface area contributed by atoms with Crippen molar-refractivity contribution in [2.75, 3.05) is 6.54 Å². The maximum absolute atomic E-state index is 11.9. The topological polar surface area (TPSA) is 29.1 Å². The van der Waals surface area contributed by atoms with E-state index in [9.17, 15) is 4.79 Å².